The summed E-state index contributed by atoms with van der Waals surface area (Å²) < 4.78 is 10.8. The SMILES string of the molecule is CC(C)c1noc(C(C)N2CCN(Cc3ccco3)CC2)n1. The number of piperazine rings is 1. The van der Waals surface area contributed by atoms with Gasteiger partial charge in [0.15, 0.2) is 5.82 Å². The van der Waals surface area contributed by atoms with E-state index in [0.29, 0.717) is 5.92 Å². The summed E-state index contributed by atoms with van der Waals surface area (Å²) in [6.07, 6.45) is 1.73. The van der Waals surface area contributed by atoms with E-state index in [1.54, 1.807) is 6.26 Å². The zero-order valence-electron chi connectivity index (χ0n) is 13.5. The second-order valence-corrected chi connectivity index (χ2v) is 6.21. The molecule has 0 N–H and O–H groups in total. The summed E-state index contributed by atoms with van der Waals surface area (Å²) in [5.41, 5.74) is 0. The van der Waals surface area contributed by atoms with Crippen LogP contribution in [0, 0.1) is 0 Å². The van der Waals surface area contributed by atoms with Crippen molar-refractivity contribution in [1.82, 2.24) is 19.9 Å². The van der Waals surface area contributed by atoms with E-state index in [1.807, 2.05) is 12.1 Å². The van der Waals surface area contributed by atoms with Gasteiger partial charge in [0.2, 0.25) is 5.89 Å². The fourth-order valence-electron chi connectivity index (χ4n) is 2.74. The molecular weight excluding hydrogens is 280 g/mol. The smallest absolute Gasteiger partial charge is 0.243 e. The van der Waals surface area contributed by atoms with Gasteiger partial charge in [-0.2, -0.15) is 4.98 Å². The lowest BCUT2D eigenvalue weighted by Gasteiger charge is -2.36. The zero-order chi connectivity index (χ0) is 15.5. The number of nitrogens with zero attached hydrogens (tertiary/aromatic N) is 4. The fraction of sp³-hybridized carbons (Fsp3) is 0.625. The zero-order valence-corrected chi connectivity index (χ0v) is 13.5. The predicted octanol–water partition coefficient (Wildman–Crippen LogP) is 2.66. The quantitative estimate of drug-likeness (QED) is 0.846. The van der Waals surface area contributed by atoms with Crippen LogP contribution in [-0.4, -0.2) is 46.1 Å². The lowest BCUT2D eigenvalue weighted by atomic mass is 10.2. The Morgan fingerprint density at radius 1 is 1.18 bits per heavy atom. The molecule has 2 aromatic rings. The molecule has 1 atom stereocenters. The van der Waals surface area contributed by atoms with E-state index in [4.69, 9.17) is 8.94 Å². The van der Waals surface area contributed by atoms with E-state index in [9.17, 15) is 0 Å². The van der Waals surface area contributed by atoms with Crippen LogP contribution < -0.4 is 0 Å². The maximum Gasteiger partial charge on any atom is 0.243 e. The Kier molecular flexibility index (Phi) is 4.59. The highest BCUT2D eigenvalue weighted by Crippen LogP contribution is 2.22. The summed E-state index contributed by atoms with van der Waals surface area (Å²) >= 11 is 0. The molecule has 0 spiro atoms. The molecule has 0 aliphatic carbocycles. The highest BCUT2D eigenvalue weighted by atomic mass is 16.5. The first-order chi connectivity index (χ1) is 10.6. The third kappa shape index (κ3) is 3.39. The van der Waals surface area contributed by atoms with Gasteiger partial charge in [-0.25, -0.2) is 0 Å². The molecule has 1 fully saturated rings. The molecule has 2 aromatic heterocycles. The van der Waals surface area contributed by atoms with Crippen LogP contribution in [0.25, 0.3) is 0 Å². The number of hydrogen-bond donors (Lipinski definition) is 0. The Bertz CT molecular complexity index is 571. The second kappa shape index (κ2) is 6.62. The Morgan fingerprint density at radius 3 is 2.55 bits per heavy atom. The number of aromatic nitrogens is 2. The van der Waals surface area contributed by atoms with Crippen LogP contribution >= 0.6 is 0 Å². The van der Waals surface area contributed by atoms with E-state index >= 15 is 0 Å². The molecule has 3 rings (SSSR count). The van der Waals surface area contributed by atoms with Crippen LogP contribution in [0.5, 0.6) is 0 Å². The van der Waals surface area contributed by atoms with Crippen molar-refractivity contribution in [2.75, 3.05) is 26.2 Å². The average molecular weight is 304 g/mol. The van der Waals surface area contributed by atoms with E-state index in [-0.39, 0.29) is 6.04 Å². The Balaban J connectivity index is 1.53. The summed E-state index contributed by atoms with van der Waals surface area (Å²) in [5, 5.41) is 4.06. The van der Waals surface area contributed by atoms with Crippen molar-refractivity contribution < 1.29 is 8.94 Å². The van der Waals surface area contributed by atoms with Crippen molar-refractivity contribution in [3.63, 3.8) is 0 Å². The molecular formula is C16H24N4O2. The van der Waals surface area contributed by atoms with Crippen molar-refractivity contribution in [3.05, 3.63) is 35.9 Å². The molecule has 1 aliphatic heterocycles. The van der Waals surface area contributed by atoms with Crippen molar-refractivity contribution in [2.24, 2.45) is 0 Å². The largest absolute Gasteiger partial charge is 0.468 e. The molecule has 1 saturated heterocycles. The molecule has 0 bridgehead atoms. The van der Waals surface area contributed by atoms with Crippen LogP contribution in [0.4, 0.5) is 0 Å². The molecule has 6 heteroatoms. The summed E-state index contributed by atoms with van der Waals surface area (Å²) in [7, 11) is 0. The van der Waals surface area contributed by atoms with Crippen molar-refractivity contribution in [1.29, 1.82) is 0 Å². The molecule has 0 saturated carbocycles. The number of hydrogen-bond acceptors (Lipinski definition) is 6. The molecule has 0 amide bonds. The topological polar surface area (TPSA) is 58.5 Å². The molecule has 22 heavy (non-hydrogen) atoms. The Labute approximate surface area is 131 Å². The minimum atomic E-state index is 0.172. The number of furan rings is 1. The maximum atomic E-state index is 5.42. The van der Waals surface area contributed by atoms with Gasteiger partial charge in [-0.15, -0.1) is 0 Å². The molecule has 1 aliphatic rings. The maximum absolute atomic E-state index is 5.42. The van der Waals surface area contributed by atoms with Crippen molar-refractivity contribution >= 4 is 0 Å². The Hall–Kier alpha value is -1.66. The van der Waals surface area contributed by atoms with Gasteiger partial charge in [-0.3, -0.25) is 9.80 Å². The van der Waals surface area contributed by atoms with Crippen molar-refractivity contribution in [2.45, 2.75) is 39.3 Å². The lowest BCUT2D eigenvalue weighted by molar-refractivity contribution is 0.0808. The van der Waals surface area contributed by atoms with Crippen LogP contribution in [0.3, 0.4) is 0 Å². The first-order valence-electron chi connectivity index (χ1n) is 7.95. The van der Waals surface area contributed by atoms with E-state index in [2.05, 4.69) is 40.7 Å². The molecule has 6 nitrogen and oxygen atoms in total. The molecule has 1 unspecified atom stereocenters. The van der Waals surface area contributed by atoms with Gasteiger partial charge in [-0.1, -0.05) is 19.0 Å². The Morgan fingerprint density at radius 2 is 1.95 bits per heavy atom. The molecule has 3 heterocycles. The van der Waals surface area contributed by atoms with Gasteiger partial charge in [-0.05, 0) is 19.1 Å². The minimum Gasteiger partial charge on any atom is -0.468 e. The van der Waals surface area contributed by atoms with E-state index in [0.717, 1.165) is 50.2 Å². The van der Waals surface area contributed by atoms with E-state index in [1.165, 1.54) is 0 Å². The van der Waals surface area contributed by atoms with Gasteiger partial charge in [0.05, 0.1) is 18.8 Å². The highest BCUT2D eigenvalue weighted by molar-refractivity contribution is 4.99. The fourth-order valence-corrected chi connectivity index (χ4v) is 2.74. The molecule has 0 aromatic carbocycles. The first kappa shape index (κ1) is 15.2. The summed E-state index contributed by atoms with van der Waals surface area (Å²) in [6.45, 7) is 11.2. The summed E-state index contributed by atoms with van der Waals surface area (Å²) in [4.78, 5) is 9.33. The van der Waals surface area contributed by atoms with Crippen LogP contribution in [0.1, 0.15) is 50.2 Å². The first-order valence-corrected chi connectivity index (χ1v) is 7.95. The second-order valence-electron chi connectivity index (χ2n) is 6.21. The van der Waals surface area contributed by atoms with Crippen LogP contribution in [0.2, 0.25) is 0 Å². The van der Waals surface area contributed by atoms with Gasteiger partial charge < -0.3 is 8.94 Å². The van der Waals surface area contributed by atoms with Gasteiger partial charge in [0.1, 0.15) is 5.76 Å². The summed E-state index contributed by atoms with van der Waals surface area (Å²) in [6, 6.07) is 4.14. The van der Waals surface area contributed by atoms with Crippen LogP contribution in [-0.2, 0) is 6.54 Å². The third-order valence-corrected chi connectivity index (χ3v) is 4.25. The monoisotopic (exact) mass is 304 g/mol. The van der Waals surface area contributed by atoms with Gasteiger partial charge >= 0.3 is 0 Å². The predicted molar refractivity (Wildman–Crippen MR) is 82.4 cm³/mol. The van der Waals surface area contributed by atoms with Gasteiger partial charge in [0.25, 0.3) is 0 Å². The van der Waals surface area contributed by atoms with E-state index < -0.39 is 0 Å². The summed E-state index contributed by atoms with van der Waals surface area (Å²) in [5.74, 6) is 2.84. The minimum absolute atomic E-state index is 0.172. The van der Waals surface area contributed by atoms with Crippen molar-refractivity contribution in [3.8, 4) is 0 Å². The van der Waals surface area contributed by atoms with Crippen LogP contribution in [0.15, 0.2) is 27.3 Å². The number of rotatable bonds is 5. The normalized spacial score (nSPS) is 18.9. The molecule has 120 valence electrons. The van der Waals surface area contributed by atoms with Gasteiger partial charge in [0, 0.05) is 32.1 Å². The molecule has 0 radical (unpaired) electrons. The average Bonchev–Trinajstić information content (AvgIpc) is 3.18. The highest BCUT2D eigenvalue weighted by Gasteiger charge is 2.26. The third-order valence-electron chi connectivity index (χ3n) is 4.25. The lowest BCUT2D eigenvalue weighted by Crippen LogP contribution is -2.46. The standard InChI is InChI=1S/C16H24N4O2/c1-12(2)15-17-16(22-18-15)13(3)20-8-6-19(7-9-20)11-14-5-4-10-21-14/h4-5,10,12-13H,6-9,11H2,1-3H3.